The van der Waals surface area contributed by atoms with Crippen molar-refractivity contribution in [1.82, 2.24) is 9.88 Å². The third kappa shape index (κ3) is 4.40. The predicted octanol–water partition coefficient (Wildman–Crippen LogP) is 6.61. The molecule has 35 heavy (non-hydrogen) atoms. The molecule has 0 unspecified atom stereocenters. The number of benzene rings is 2. The SMILES string of the molecule is Cc1c(NC(=O)c2ccc(-c3cc4c(o3)CCC=C4)cc2)ccc2cc(CN3CCCC3)cnc12. The Morgan fingerprint density at radius 1 is 1.09 bits per heavy atom. The minimum Gasteiger partial charge on any atom is -0.460 e. The number of furan rings is 1. The number of nitrogens with zero attached hydrogens (tertiary/aromatic N) is 2. The van der Waals surface area contributed by atoms with Gasteiger partial charge in [0.2, 0.25) is 0 Å². The first-order chi connectivity index (χ1) is 17.1. The van der Waals surface area contributed by atoms with Gasteiger partial charge in [-0.2, -0.15) is 0 Å². The van der Waals surface area contributed by atoms with E-state index in [4.69, 9.17) is 9.40 Å². The third-order valence-corrected chi connectivity index (χ3v) is 7.12. The minimum absolute atomic E-state index is 0.133. The van der Waals surface area contributed by atoms with Crippen LogP contribution in [-0.4, -0.2) is 28.9 Å². The smallest absolute Gasteiger partial charge is 0.255 e. The second-order valence-electron chi connectivity index (χ2n) is 9.60. The first-order valence-corrected chi connectivity index (χ1v) is 12.5. The molecule has 1 fully saturated rings. The van der Waals surface area contributed by atoms with Gasteiger partial charge in [0, 0.05) is 46.9 Å². The second kappa shape index (κ2) is 9.16. The van der Waals surface area contributed by atoms with E-state index in [1.54, 1.807) is 0 Å². The highest BCUT2D eigenvalue weighted by Crippen LogP contribution is 2.30. The van der Waals surface area contributed by atoms with Crippen molar-refractivity contribution < 1.29 is 9.21 Å². The second-order valence-corrected chi connectivity index (χ2v) is 9.60. The Bertz CT molecular complexity index is 1430. The standard InChI is InChI=1S/C30H29N3O2/c1-20-26(13-12-25-16-21(18-31-29(20)25)19-33-14-4-5-15-33)32-30(34)23-10-8-22(9-11-23)28-17-24-6-2-3-7-27(24)35-28/h2,6,8-13,16-18H,3-5,7,14-15,19H2,1H3,(H,32,34). The minimum atomic E-state index is -0.133. The molecule has 1 aliphatic heterocycles. The number of likely N-dealkylation sites (tertiary alicyclic amines) is 1. The van der Waals surface area contributed by atoms with Crippen LogP contribution < -0.4 is 5.32 Å². The van der Waals surface area contributed by atoms with E-state index in [1.165, 1.54) is 31.5 Å². The number of aryl methyl sites for hydroxylation is 2. The van der Waals surface area contributed by atoms with Gasteiger partial charge in [0.15, 0.2) is 0 Å². The molecular weight excluding hydrogens is 434 g/mol. The normalized spacial score (nSPS) is 15.5. The molecule has 4 aromatic rings. The molecule has 176 valence electrons. The number of pyridine rings is 1. The van der Waals surface area contributed by atoms with Crippen molar-refractivity contribution in [3.05, 3.63) is 88.8 Å². The Labute approximate surface area is 205 Å². The maximum absolute atomic E-state index is 13.0. The van der Waals surface area contributed by atoms with Gasteiger partial charge in [-0.3, -0.25) is 14.7 Å². The van der Waals surface area contributed by atoms with Crippen LogP contribution in [0.3, 0.4) is 0 Å². The van der Waals surface area contributed by atoms with E-state index in [9.17, 15) is 4.79 Å². The van der Waals surface area contributed by atoms with E-state index in [1.807, 2.05) is 43.5 Å². The largest absolute Gasteiger partial charge is 0.460 e. The summed E-state index contributed by atoms with van der Waals surface area (Å²) in [5.74, 6) is 1.74. The maximum Gasteiger partial charge on any atom is 0.255 e. The van der Waals surface area contributed by atoms with E-state index in [2.05, 4.69) is 40.6 Å². The first-order valence-electron chi connectivity index (χ1n) is 12.5. The number of hydrogen-bond donors (Lipinski definition) is 1. The number of carbonyl (C=O) groups excluding carboxylic acids is 1. The summed E-state index contributed by atoms with van der Waals surface area (Å²) in [6.07, 6.45) is 10.8. The number of amides is 1. The van der Waals surface area contributed by atoms with E-state index in [0.29, 0.717) is 5.56 Å². The van der Waals surface area contributed by atoms with E-state index in [-0.39, 0.29) is 5.91 Å². The number of carbonyl (C=O) groups is 1. The summed E-state index contributed by atoms with van der Waals surface area (Å²) < 4.78 is 6.03. The number of allylic oxidation sites excluding steroid dienone is 1. The molecule has 0 radical (unpaired) electrons. The van der Waals surface area contributed by atoms with Gasteiger partial charge < -0.3 is 9.73 Å². The zero-order chi connectivity index (χ0) is 23.8. The molecule has 1 N–H and O–H groups in total. The number of rotatable bonds is 5. The Balaban J connectivity index is 1.18. The van der Waals surface area contributed by atoms with Crippen molar-refractivity contribution in [2.75, 3.05) is 18.4 Å². The summed E-state index contributed by atoms with van der Waals surface area (Å²) in [4.78, 5) is 20.2. The molecule has 2 aromatic carbocycles. The number of hydrogen-bond acceptors (Lipinski definition) is 4. The van der Waals surface area contributed by atoms with E-state index in [0.717, 1.165) is 64.2 Å². The lowest BCUT2D eigenvalue weighted by atomic mass is 10.0. The summed E-state index contributed by atoms with van der Waals surface area (Å²) in [5.41, 5.74) is 6.67. The van der Waals surface area contributed by atoms with Crippen LogP contribution in [0.15, 0.2) is 65.2 Å². The maximum atomic E-state index is 13.0. The lowest BCUT2D eigenvalue weighted by Crippen LogP contribution is -2.18. The van der Waals surface area contributed by atoms with Crippen molar-refractivity contribution >= 4 is 28.6 Å². The van der Waals surface area contributed by atoms with Crippen LogP contribution in [0.25, 0.3) is 28.3 Å². The van der Waals surface area contributed by atoms with E-state index >= 15 is 0 Å². The van der Waals surface area contributed by atoms with Gasteiger partial charge in [0.25, 0.3) is 5.91 Å². The van der Waals surface area contributed by atoms with Crippen LogP contribution in [-0.2, 0) is 13.0 Å². The van der Waals surface area contributed by atoms with Crippen molar-refractivity contribution in [2.24, 2.45) is 0 Å². The summed E-state index contributed by atoms with van der Waals surface area (Å²) in [6.45, 7) is 5.31. The fourth-order valence-corrected chi connectivity index (χ4v) is 5.14. The summed E-state index contributed by atoms with van der Waals surface area (Å²) in [5, 5.41) is 4.18. The predicted molar refractivity (Wildman–Crippen MR) is 140 cm³/mol. The molecule has 1 saturated heterocycles. The molecule has 2 aromatic heterocycles. The summed E-state index contributed by atoms with van der Waals surface area (Å²) in [7, 11) is 0. The first kappa shape index (κ1) is 21.8. The topological polar surface area (TPSA) is 58.4 Å². The Hall–Kier alpha value is -3.70. The van der Waals surface area contributed by atoms with Gasteiger partial charge in [0.05, 0.1) is 5.52 Å². The molecule has 5 nitrogen and oxygen atoms in total. The van der Waals surface area contributed by atoms with Gasteiger partial charge in [-0.05, 0) is 80.7 Å². The van der Waals surface area contributed by atoms with Gasteiger partial charge in [-0.1, -0.05) is 30.4 Å². The van der Waals surface area contributed by atoms with Crippen LogP contribution >= 0.6 is 0 Å². The highest BCUT2D eigenvalue weighted by atomic mass is 16.3. The average Bonchev–Trinajstić information content (AvgIpc) is 3.56. The Morgan fingerprint density at radius 2 is 1.91 bits per heavy atom. The lowest BCUT2D eigenvalue weighted by Gasteiger charge is -2.15. The van der Waals surface area contributed by atoms with Crippen LogP contribution in [0.4, 0.5) is 5.69 Å². The van der Waals surface area contributed by atoms with Crippen LogP contribution in [0.5, 0.6) is 0 Å². The molecule has 1 aliphatic carbocycles. The van der Waals surface area contributed by atoms with Gasteiger partial charge in [0.1, 0.15) is 11.5 Å². The molecule has 5 heteroatoms. The Kier molecular flexibility index (Phi) is 5.71. The number of nitrogens with one attached hydrogen (secondary N) is 1. The summed E-state index contributed by atoms with van der Waals surface area (Å²) >= 11 is 0. The molecule has 6 rings (SSSR count). The molecule has 0 bridgehead atoms. The van der Waals surface area contributed by atoms with Crippen molar-refractivity contribution in [2.45, 2.75) is 39.2 Å². The molecule has 3 heterocycles. The zero-order valence-corrected chi connectivity index (χ0v) is 20.0. The quantitative estimate of drug-likeness (QED) is 0.362. The van der Waals surface area contributed by atoms with Crippen molar-refractivity contribution in [1.29, 1.82) is 0 Å². The highest BCUT2D eigenvalue weighted by molar-refractivity contribution is 6.06. The molecular formula is C30H29N3O2. The number of fused-ring (bicyclic) bond motifs is 2. The monoisotopic (exact) mass is 463 g/mol. The number of anilines is 1. The Morgan fingerprint density at radius 3 is 2.71 bits per heavy atom. The molecule has 2 aliphatic rings. The van der Waals surface area contributed by atoms with Crippen LogP contribution in [0, 0.1) is 6.92 Å². The van der Waals surface area contributed by atoms with Gasteiger partial charge >= 0.3 is 0 Å². The van der Waals surface area contributed by atoms with Gasteiger partial charge in [-0.25, -0.2) is 0 Å². The van der Waals surface area contributed by atoms with E-state index < -0.39 is 0 Å². The fraction of sp³-hybridized carbons (Fsp3) is 0.267. The molecule has 0 atom stereocenters. The molecule has 1 amide bonds. The highest BCUT2D eigenvalue weighted by Gasteiger charge is 2.16. The summed E-state index contributed by atoms with van der Waals surface area (Å²) in [6, 6.07) is 15.9. The van der Waals surface area contributed by atoms with Gasteiger partial charge in [-0.15, -0.1) is 0 Å². The lowest BCUT2D eigenvalue weighted by molar-refractivity contribution is 0.102. The fourth-order valence-electron chi connectivity index (χ4n) is 5.14. The zero-order valence-electron chi connectivity index (χ0n) is 20.0. The average molecular weight is 464 g/mol. The van der Waals surface area contributed by atoms with Crippen molar-refractivity contribution in [3.8, 4) is 11.3 Å². The number of aromatic nitrogens is 1. The molecule has 0 spiro atoms. The molecule has 0 saturated carbocycles. The van der Waals surface area contributed by atoms with Crippen molar-refractivity contribution in [3.63, 3.8) is 0 Å². The third-order valence-electron chi connectivity index (χ3n) is 7.12. The van der Waals surface area contributed by atoms with Crippen LogP contribution in [0.1, 0.15) is 52.1 Å². The van der Waals surface area contributed by atoms with Crippen LogP contribution in [0.2, 0.25) is 0 Å².